The Bertz CT molecular complexity index is 752. The number of hydrogen-bond donors (Lipinski definition) is 2. The summed E-state index contributed by atoms with van der Waals surface area (Å²) >= 11 is 0. The van der Waals surface area contributed by atoms with Gasteiger partial charge in [0.2, 0.25) is 5.91 Å². The molecule has 0 radical (unpaired) electrons. The average Bonchev–Trinajstić information content (AvgIpc) is 2.59. The van der Waals surface area contributed by atoms with Crippen molar-refractivity contribution in [2.75, 3.05) is 12.4 Å². The van der Waals surface area contributed by atoms with E-state index in [2.05, 4.69) is 24.5 Å². The highest BCUT2D eigenvalue weighted by molar-refractivity contribution is 5.94. The Balaban J connectivity index is 2.08. The van der Waals surface area contributed by atoms with Gasteiger partial charge in [-0.15, -0.1) is 0 Å². The van der Waals surface area contributed by atoms with Crippen LogP contribution in [0.4, 0.5) is 5.69 Å². The number of anilines is 1. The lowest BCUT2D eigenvalue weighted by Gasteiger charge is -2.12. The minimum Gasteiger partial charge on any atom is -0.496 e. The smallest absolute Gasteiger partial charge is 0.251 e. The van der Waals surface area contributed by atoms with Crippen LogP contribution in [0.5, 0.6) is 5.75 Å². The SMILES string of the molecule is COc1ccc(NC(C)=O)cc1CNC(=O)c1ccc(C(C)C)cc1. The summed E-state index contributed by atoms with van der Waals surface area (Å²) in [6.07, 6.45) is 0. The highest BCUT2D eigenvalue weighted by Gasteiger charge is 2.10. The van der Waals surface area contributed by atoms with E-state index in [4.69, 9.17) is 4.74 Å². The van der Waals surface area contributed by atoms with Crippen LogP contribution in [0.25, 0.3) is 0 Å². The summed E-state index contributed by atoms with van der Waals surface area (Å²) in [5.41, 5.74) is 3.27. The summed E-state index contributed by atoms with van der Waals surface area (Å²) in [7, 11) is 1.57. The third-order valence-electron chi connectivity index (χ3n) is 3.88. The number of hydrogen-bond acceptors (Lipinski definition) is 3. The molecule has 2 aromatic carbocycles. The van der Waals surface area contributed by atoms with Gasteiger partial charge in [-0.2, -0.15) is 0 Å². The Morgan fingerprint density at radius 1 is 1.08 bits per heavy atom. The van der Waals surface area contributed by atoms with Crippen LogP contribution in [0.3, 0.4) is 0 Å². The van der Waals surface area contributed by atoms with E-state index in [1.807, 2.05) is 24.3 Å². The van der Waals surface area contributed by atoms with Gasteiger partial charge in [0.1, 0.15) is 5.75 Å². The average molecular weight is 340 g/mol. The highest BCUT2D eigenvalue weighted by Crippen LogP contribution is 2.23. The molecule has 0 aliphatic carbocycles. The number of carbonyl (C=O) groups excluding carboxylic acids is 2. The van der Waals surface area contributed by atoms with Crippen molar-refractivity contribution in [1.29, 1.82) is 0 Å². The maximum Gasteiger partial charge on any atom is 0.251 e. The van der Waals surface area contributed by atoms with E-state index in [1.54, 1.807) is 25.3 Å². The topological polar surface area (TPSA) is 67.4 Å². The minimum atomic E-state index is -0.151. The van der Waals surface area contributed by atoms with Crippen LogP contribution >= 0.6 is 0 Å². The normalized spacial score (nSPS) is 10.4. The standard InChI is InChI=1S/C20H24N2O3/c1-13(2)15-5-7-16(8-6-15)20(24)21-12-17-11-18(22-14(3)23)9-10-19(17)25-4/h5-11,13H,12H2,1-4H3,(H,21,24)(H,22,23). The van der Waals surface area contributed by atoms with E-state index >= 15 is 0 Å². The molecule has 0 aliphatic heterocycles. The van der Waals surface area contributed by atoms with Crippen molar-refractivity contribution in [1.82, 2.24) is 5.32 Å². The summed E-state index contributed by atoms with van der Waals surface area (Å²) < 4.78 is 5.32. The Morgan fingerprint density at radius 3 is 2.32 bits per heavy atom. The van der Waals surface area contributed by atoms with Gasteiger partial charge in [0.15, 0.2) is 0 Å². The molecule has 0 spiro atoms. The molecule has 0 atom stereocenters. The second-order valence-electron chi connectivity index (χ2n) is 6.17. The number of rotatable bonds is 6. The molecule has 0 unspecified atom stereocenters. The van der Waals surface area contributed by atoms with Crippen molar-refractivity contribution < 1.29 is 14.3 Å². The van der Waals surface area contributed by atoms with Gasteiger partial charge in [0.25, 0.3) is 5.91 Å². The van der Waals surface area contributed by atoms with Crippen LogP contribution in [0.2, 0.25) is 0 Å². The molecular formula is C20H24N2O3. The lowest BCUT2D eigenvalue weighted by Crippen LogP contribution is -2.23. The first-order valence-electron chi connectivity index (χ1n) is 8.23. The molecule has 5 nitrogen and oxygen atoms in total. The van der Waals surface area contributed by atoms with E-state index in [1.165, 1.54) is 12.5 Å². The zero-order chi connectivity index (χ0) is 18.4. The largest absolute Gasteiger partial charge is 0.496 e. The minimum absolute atomic E-state index is 0.148. The summed E-state index contributed by atoms with van der Waals surface area (Å²) in [5, 5.41) is 5.61. The van der Waals surface area contributed by atoms with Crippen LogP contribution in [-0.2, 0) is 11.3 Å². The zero-order valence-electron chi connectivity index (χ0n) is 15.1. The van der Waals surface area contributed by atoms with Crippen molar-refractivity contribution in [2.24, 2.45) is 0 Å². The zero-order valence-corrected chi connectivity index (χ0v) is 15.1. The van der Waals surface area contributed by atoms with Crippen LogP contribution < -0.4 is 15.4 Å². The quantitative estimate of drug-likeness (QED) is 0.842. The molecule has 0 aromatic heterocycles. The third kappa shape index (κ3) is 5.08. The number of methoxy groups -OCH3 is 1. The van der Waals surface area contributed by atoms with Gasteiger partial charge in [0.05, 0.1) is 7.11 Å². The van der Waals surface area contributed by atoms with Crippen molar-refractivity contribution in [3.05, 3.63) is 59.2 Å². The van der Waals surface area contributed by atoms with E-state index in [0.29, 0.717) is 29.5 Å². The highest BCUT2D eigenvalue weighted by atomic mass is 16.5. The fraction of sp³-hybridized carbons (Fsp3) is 0.300. The van der Waals surface area contributed by atoms with Crippen molar-refractivity contribution in [3.63, 3.8) is 0 Å². The number of carbonyl (C=O) groups is 2. The summed E-state index contributed by atoms with van der Waals surface area (Å²) in [5.74, 6) is 0.787. The molecule has 0 saturated heterocycles. The fourth-order valence-corrected chi connectivity index (χ4v) is 2.49. The Labute approximate surface area is 148 Å². The first kappa shape index (κ1) is 18.5. The second-order valence-corrected chi connectivity index (χ2v) is 6.17. The lowest BCUT2D eigenvalue weighted by atomic mass is 10.0. The molecule has 0 bridgehead atoms. The Morgan fingerprint density at radius 2 is 1.76 bits per heavy atom. The van der Waals surface area contributed by atoms with Crippen molar-refractivity contribution in [2.45, 2.75) is 33.2 Å². The van der Waals surface area contributed by atoms with Gasteiger partial charge in [-0.1, -0.05) is 26.0 Å². The molecule has 0 saturated carbocycles. The predicted molar refractivity (Wildman–Crippen MR) is 99.0 cm³/mol. The molecule has 5 heteroatoms. The maximum absolute atomic E-state index is 12.3. The molecule has 0 heterocycles. The molecule has 25 heavy (non-hydrogen) atoms. The first-order valence-corrected chi connectivity index (χ1v) is 8.23. The van der Waals surface area contributed by atoms with Gasteiger partial charge in [-0.3, -0.25) is 9.59 Å². The molecule has 2 N–H and O–H groups in total. The van der Waals surface area contributed by atoms with E-state index < -0.39 is 0 Å². The van der Waals surface area contributed by atoms with E-state index in [-0.39, 0.29) is 11.8 Å². The summed E-state index contributed by atoms with van der Waals surface area (Å²) in [6, 6.07) is 12.9. The van der Waals surface area contributed by atoms with Gasteiger partial charge in [-0.25, -0.2) is 0 Å². The first-order chi connectivity index (χ1) is 11.9. The number of benzene rings is 2. The van der Waals surface area contributed by atoms with Gasteiger partial charge >= 0.3 is 0 Å². The number of amides is 2. The molecular weight excluding hydrogens is 316 g/mol. The fourth-order valence-electron chi connectivity index (χ4n) is 2.49. The maximum atomic E-state index is 12.3. The van der Waals surface area contributed by atoms with Crippen molar-refractivity contribution in [3.8, 4) is 5.75 Å². The number of nitrogens with one attached hydrogen (secondary N) is 2. The van der Waals surface area contributed by atoms with E-state index in [9.17, 15) is 9.59 Å². The van der Waals surface area contributed by atoms with Crippen molar-refractivity contribution >= 4 is 17.5 Å². The molecule has 2 aromatic rings. The Hall–Kier alpha value is -2.82. The van der Waals surface area contributed by atoms with Crippen LogP contribution in [0.1, 0.15) is 48.2 Å². The van der Waals surface area contributed by atoms with Crippen LogP contribution in [0.15, 0.2) is 42.5 Å². The van der Waals surface area contributed by atoms with Gasteiger partial charge in [0, 0.05) is 30.3 Å². The second kappa shape index (κ2) is 8.33. The monoisotopic (exact) mass is 340 g/mol. The third-order valence-corrected chi connectivity index (χ3v) is 3.88. The predicted octanol–water partition coefficient (Wildman–Crippen LogP) is 3.71. The van der Waals surface area contributed by atoms with Crippen LogP contribution in [0, 0.1) is 0 Å². The number of ether oxygens (including phenoxy) is 1. The molecule has 132 valence electrons. The molecule has 2 rings (SSSR count). The summed E-state index contributed by atoms with van der Waals surface area (Å²) in [4.78, 5) is 23.5. The summed E-state index contributed by atoms with van der Waals surface area (Å²) in [6.45, 7) is 5.99. The van der Waals surface area contributed by atoms with Crippen LogP contribution in [-0.4, -0.2) is 18.9 Å². The van der Waals surface area contributed by atoms with Gasteiger partial charge < -0.3 is 15.4 Å². The Kier molecular flexibility index (Phi) is 6.17. The lowest BCUT2D eigenvalue weighted by molar-refractivity contribution is -0.114. The molecule has 0 aliphatic rings. The molecule has 2 amide bonds. The molecule has 0 fully saturated rings. The van der Waals surface area contributed by atoms with Gasteiger partial charge in [-0.05, 0) is 41.8 Å². The van der Waals surface area contributed by atoms with E-state index in [0.717, 1.165) is 5.56 Å².